The van der Waals surface area contributed by atoms with E-state index in [0.717, 1.165) is 6.08 Å². The van der Waals surface area contributed by atoms with Gasteiger partial charge in [-0.25, -0.2) is 0 Å². The smallest absolute Gasteiger partial charge is 0.232 e. The standard InChI is InChI=1S/C13H12O5/c1-16-8-4-5-9(17-2)12-11(8)7(14)6-10(18-3)13(12)15/h4-6H,1-3H3. The summed E-state index contributed by atoms with van der Waals surface area (Å²) in [6, 6.07) is 3.18. The van der Waals surface area contributed by atoms with Crippen molar-refractivity contribution in [2.24, 2.45) is 0 Å². The van der Waals surface area contributed by atoms with Crippen molar-refractivity contribution in [3.05, 3.63) is 35.1 Å². The molecule has 1 aromatic carbocycles. The lowest BCUT2D eigenvalue weighted by Crippen LogP contribution is -2.20. The largest absolute Gasteiger partial charge is 0.496 e. The molecule has 0 unspecified atom stereocenters. The predicted octanol–water partition coefficient (Wildman–Crippen LogP) is 1.61. The molecule has 0 heterocycles. The summed E-state index contributed by atoms with van der Waals surface area (Å²) in [4.78, 5) is 24.2. The Morgan fingerprint density at radius 3 is 1.89 bits per heavy atom. The Bertz CT molecular complexity index is 557. The molecule has 0 spiro atoms. The number of hydrogen-bond acceptors (Lipinski definition) is 5. The van der Waals surface area contributed by atoms with Gasteiger partial charge in [0.15, 0.2) is 11.5 Å². The number of carbonyl (C=O) groups is 2. The molecule has 0 aliphatic heterocycles. The van der Waals surface area contributed by atoms with Gasteiger partial charge in [-0.3, -0.25) is 9.59 Å². The van der Waals surface area contributed by atoms with Gasteiger partial charge in [-0.05, 0) is 12.1 Å². The van der Waals surface area contributed by atoms with E-state index in [4.69, 9.17) is 14.2 Å². The van der Waals surface area contributed by atoms with Crippen LogP contribution in [0.4, 0.5) is 0 Å². The monoisotopic (exact) mass is 248 g/mol. The first-order valence-electron chi connectivity index (χ1n) is 5.23. The van der Waals surface area contributed by atoms with Crippen molar-refractivity contribution in [2.45, 2.75) is 0 Å². The van der Waals surface area contributed by atoms with Gasteiger partial charge in [0.2, 0.25) is 5.78 Å². The van der Waals surface area contributed by atoms with E-state index in [1.54, 1.807) is 12.1 Å². The number of fused-ring (bicyclic) bond motifs is 1. The molecule has 1 aliphatic rings. The minimum atomic E-state index is -0.386. The third-order valence-corrected chi connectivity index (χ3v) is 2.75. The number of rotatable bonds is 3. The Morgan fingerprint density at radius 1 is 0.833 bits per heavy atom. The van der Waals surface area contributed by atoms with Gasteiger partial charge in [0.25, 0.3) is 0 Å². The summed E-state index contributed by atoms with van der Waals surface area (Å²) in [5, 5.41) is 0. The van der Waals surface area contributed by atoms with E-state index in [2.05, 4.69) is 0 Å². The predicted molar refractivity (Wildman–Crippen MR) is 63.3 cm³/mol. The van der Waals surface area contributed by atoms with Gasteiger partial charge in [-0.2, -0.15) is 0 Å². The zero-order valence-electron chi connectivity index (χ0n) is 10.3. The van der Waals surface area contributed by atoms with Gasteiger partial charge in [-0.1, -0.05) is 0 Å². The van der Waals surface area contributed by atoms with Crippen LogP contribution in [0.25, 0.3) is 0 Å². The number of allylic oxidation sites excluding steroid dienone is 2. The zero-order chi connectivity index (χ0) is 13.3. The molecule has 0 saturated heterocycles. The fourth-order valence-electron chi connectivity index (χ4n) is 1.91. The molecule has 2 rings (SSSR count). The van der Waals surface area contributed by atoms with Crippen molar-refractivity contribution >= 4 is 11.6 Å². The highest BCUT2D eigenvalue weighted by Crippen LogP contribution is 2.35. The summed E-state index contributed by atoms with van der Waals surface area (Å²) in [7, 11) is 4.22. The molecule has 0 fully saturated rings. The van der Waals surface area contributed by atoms with Crippen LogP contribution in [0.15, 0.2) is 24.0 Å². The van der Waals surface area contributed by atoms with Crippen LogP contribution in [0, 0.1) is 0 Å². The number of carbonyl (C=O) groups excluding carboxylic acids is 2. The molecule has 0 N–H and O–H groups in total. The van der Waals surface area contributed by atoms with Crippen molar-refractivity contribution in [3.63, 3.8) is 0 Å². The average Bonchev–Trinajstić information content (AvgIpc) is 2.41. The summed E-state index contributed by atoms with van der Waals surface area (Å²) in [5.41, 5.74) is 0.392. The van der Waals surface area contributed by atoms with Crippen LogP contribution < -0.4 is 9.47 Å². The maximum atomic E-state index is 12.2. The molecular weight excluding hydrogens is 236 g/mol. The van der Waals surface area contributed by atoms with Crippen LogP contribution in [0.5, 0.6) is 11.5 Å². The van der Waals surface area contributed by atoms with Gasteiger partial charge >= 0.3 is 0 Å². The van der Waals surface area contributed by atoms with Crippen molar-refractivity contribution in [2.75, 3.05) is 21.3 Å². The first-order valence-corrected chi connectivity index (χ1v) is 5.23. The fraction of sp³-hybridized carbons (Fsp3) is 0.231. The molecule has 5 nitrogen and oxygen atoms in total. The van der Waals surface area contributed by atoms with Crippen LogP contribution in [0.3, 0.4) is 0 Å². The number of methoxy groups -OCH3 is 3. The van der Waals surface area contributed by atoms with E-state index in [0.29, 0.717) is 11.5 Å². The summed E-state index contributed by atoms with van der Waals surface area (Å²) >= 11 is 0. The number of ether oxygens (including phenoxy) is 3. The third-order valence-electron chi connectivity index (χ3n) is 2.75. The summed E-state index contributed by atoms with van der Waals surface area (Å²) in [5.74, 6) is -0.0542. The Balaban J connectivity index is 2.74. The van der Waals surface area contributed by atoms with Crippen LogP contribution in [0.2, 0.25) is 0 Å². The molecule has 1 aromatic rings. The normalized spacial score (nSPS) is 13.8. The first-order chi connectivity index (χ1) is 8.63. The van der Waals surface area contributed by atoms with Gasteiger partial charge < -0.3 is 14.2 Å². The SMILES string of the molecule is COC1=CC(=O)c2c(OC)ccc(OC)c2C1=O. The topological polar surface area (TPSA) is 61.8 Å². The van der Waals surface area contributed by atoms with Crippen LogP contribution >= 0.6 is 0 Å². The lowest BCUT2D eigenvalue weighted by molar-refractivity contribution is 0.0911. The Labute approximate surface area is 104 Å². The second-order valence-corrected chi connectivity index (χ2v) is 3.63. The molecular formula is C13H12O5. The number of hydrogen-bond donors (Lipinski definition) is 0. The van der Waals surface area contributed by atoms with E-state index >= 15 is 0 Å². The van der Waals surface area contributed by atoms with Gasteiger partial charge in [-0.15, -0.1) is 0 Å². The van der Waals surface area contributed by atoms with Crippen LogP contribution in [0.1, 0.15) is 20.7 Å². The summed E-state index contributed by atoms with van der Waals surface area (Å²) in [6.07, 6.45) is 1.16. The van der Waals surface area contributed by atoms with E-state index in [-0.39, 0.29) is 28.5 Å². The molecule has 5 heteroatoms. The molecule has 0 radical (unpaired) electrons. The average molecular weight is 248 g/mol. The molecule has 1 aliphatic carbocycles. The second kappa shape index (κ2) is 4.52. The fourth-order valence-corrected chi connectivity index (χ4v) is 1.91. The van der Waals surface area contributed by atoms with Crippen molar-refractivity contribution < 1.29 is 23.8 Å². The molecule has 94 valence electrons. The molecule has 0 atom stereocenters. The van der Waals surface area contributed by atoms with Gasteiger partial charge in [0.1, 0.15) is 11.5 Å². The highest BCUT2D eigenvalue weighted by molar-refractivity contribution is 6.25. The van der Waals surface area contributed by atoms with Crippen molar-refractivity contribution in [1.82, 2.24) is 0 Å². The minimum absolute atomic E-state index is 0.000877. The van der Waals surface area contributed by atoms with E-state index < -0.39 is 0 Å². The Kier molecular flexibility index (Phi) is 3.06. The van der Waals surface area contributed by atoms with Crippen LogP contribution in [-0.2, 0) is 4.74 Å². The first kappa shape index (κ1) is 12.2. The number of benzene rings is 1. The number of ketones is 2. The lowest BCUT2D eigenvalue weighted by Gasteiger charge is -2.18. The molecule has 0 bridgehead atoms. The molecule has 18 heavy (non-hydrogen) atoms. The van der Waals surface area contributed by atoms with E-state index in [9.17, 15) is 9.59 Å². The van der Waals surface area contributed by atoms with Gasteiger partial charge in [0, 0.05) is 6.08 Å². The summed E-state index contributed by atoms with van der Waals surface area (Å²) < 4.78 is 15.1. The third kappa shape index (κ3) is 1.64. The Morgan fingerprint density at radius 2 is 1.39 bits per heavy atom. The second-order valence-electron chi connectivity index (χ2n) is 3.63. The van der Waals surface area contributed by atoms with E-state index in [1.807, 2.05) is 0 Å². The van der Waals surface area contributed by atoms with Crippen molar-refractivity contribution in [1.29, 1.82) is 0 Å². The lowest BCUT2D eigenvalue weighted by atomic mass is 9.92. The summed E-state index contributed by atoms with van der Waals surface area (Å²) in [6.45, 7) is 0. The number of Topliss-reactive ketones (excluding diaryl/α,β-unsaturated/α-hetero) is 1. The zero-order valence-corrected chi connectivity index (χ0v) is 10.3. The van der Waals surface area contributed by atoms with E-state index in [1.165, 1.54) is 21.3 Å². The van der Waals surface area contributed by atoms with Gasteiger partial charge in [0.05, 0.1) is 32.5 Å². The molecule has 0 aromatic heterocycles. The molecule has 0 saturated carbocycles. The maximum Gasteiger partial charge on any atom is 0.232 e. The molecule has 0 amide bonds. The van der Waals surface area contributed by atoms with Crippen molar-refractivity contribution in [3.8, 4) is 11.5 Å². The highest BCUT2D eigenvalue weighted by atomic mass is 16.5. The maximum absolute atomic E-state index is 12.2. The van der Waals surface area contributed by atoms with Crippen LogP contribution in [-0.4, -0.2) is 32.9 Å². The quantitative estimate of drug-likeness (QED) is 0.813. The highest BCUT2D eigenvalue weighted by Gasteiger charge is 2.32. The Hall–Kier alpha value is -2.30. The minimum Gasteiger partial charge on any atom is -0.496 e.